The number of H-pyrrole nitrogens is 1. The lowest BCUT2D eigenvalue weighted by Crippen LogP contribution is -2.40. The maximum absolute atomic E-state index is 14.5. The van der Waals surface area contributed by atoms with Crippen LogP contribution in [0.4, 0.5) is 23.2 Å². The summed E-state index contributed by atoms with van der Waals surface area (Å²) in [5.74, 6) is -3.02. The van der Waals surface area contributed by atoms with Crippen LogP contribution in [0.5, 0.6) is 0 Å². The molecule has 1 unspecified atom stereocenters. The first-order valence-electron chi connectivity index (χ1n) is 14.4. The lowest BCUT2D eigenvalue weighted by molar-refractivity contribution is 0.502. The molecule has 0 amide bonds. The van der Waals surface area contributed by atoms with Crippen LogP contribution in [0.15, 0.2) is 61.1 Å². The highest BCUT2D eigenvalue weighted by atomic mass is 19.2. The molecule has 0 bridgehead atoms. The van der Waals surface area contributed by atoms with Crippen molar-refractivity contribution in [2.75, 3.05) is 18.0 Å². The van der Waals surface area contributed by atoms with Gasteiger partial charge < -0.3 is 20.2 Å². The van der Waals surface area contributed by atoms with E-state index in [0.717, 1.165) is 48.0 Å². The van der Waals surface area contributed by atoms with Crippen molar-refractivity contribution in [2.45, 2.75) is 38.8 Å². The molecule has 5 heterocycles. The number of nitrogens with two attached hydrogens (primary N) is 1. The Bertz CT molecular complexity index is 1970. The molecule has 11 heteroatoms. The summed E-state index contributed by atoms with van der Waals surface area (Å²) in [4.78, 5) is 19.5. The second-order valence-electron chi connectivity index (χ2n) is 11.5. The van der Waals surface area contributed by atoms with Crippen molar-refractivity contribution in [3.8, 4) is 22.5 Å². The lowest BCUT2D eigenvalue weighted by atomic mass is 9.98. The monoisotopic (exact) mass is 599 g/mol. The van der Waals surface area contributed by atoms with Crippen LogP contribution >= 0.6 is 0 Å². The highest BCUT2D eigenvalue weighted by Crippen LogP contribution is 2.44. The smallest absolute Gasteiger partial charge is 0.161 e. The molecule has 7 rings (SSSR count). The molecule has 1 atom stereocenters. The fraction of sp³-hybridized carbons (Fsp3) is 0.242. The van der Waals surface area contributed by atoms with Gasteiger partial charge >= 0.3 is 0 Å². The first-order chi connectivity index (χ1) is 21.2. The van der Waals surface area contributed by atoms with Crippen molar-refractivity contribution >= 4 is 27.8 Å². The Kier molecular flexibility index (Phi) is 6.84. The highest BCUT2D eigenvalue weighted by Gasteiger charge is 2.28. The first-order valence-corrected chi connectivity index (χ1v) is 14.4. The van der Waals surface area contributed by atoms with E-state index in [4.69, 9.17) is 10.7 Å². The highest BCUT2D eigenvalue weighted by molar-refractivity contribution is 6.07. The Morgan fingerprint density at radius 2 is 1.64 bits per heavy atom. The predicted octanol–water partition coefficient (Wildman–Crippen LogP) is 7.04. The van der Waals surface area contributed by atoms with E-state index < -0.39 is 23.3 Å². The van der Waals surface area contributed by atoms with Gasteiger partial charge in [-0.3, -0.25) is 4.98 Å². The van der Waals surface area contributed by atoms with E-state index >= 15 is 0 Å². The predicted molar refractivity (Wildman–Crippen MR) is 162 cm³/mol. The van der Waals surface area contributed by atoms with Crippen molar-refractivity contribution in [3.63, 3.8) is 0 Å². The maximum atomic E-state index is 14.5. The molecule has 3 N–H and O–H groups in total. The molecule has 6 aromatic rings. The average molecular weight is 600 g/mol. The molecule has 0 aliphatic carbocycles. The first kappa shape index (κ1) is 28.0. The Hall–Kier alpha value is -4.77. The molecule has 44 heavy (non-hydrogen) atoms. The summed E-state index contributed by atoms with van der Waals surface area (Å²) in [6, 6.07) is 9.24. The molecule has 0 radical (unpaired) electrons. The molecule has 4 aromatic heterocycles. The number of aryl methyl sites for hydroxylation is 1. The number of nitrogens with one attached hydrogen (secondary N) is 1. The number of benzene rings is 2. The van der Waals surface area contributed by atoms with Gasteiger partial charge in [0, 0.05) is 67.0 Å². The summed E-state index contributed by atoms with van der Waals surface area (Å²) in [6.45, 7) is 5.19. The molecular formula is C33H29F4N7. The van der Waals surface area contributed by atoms with Crippen LogP contribution in [0, 0.1) is 30.2 Å². The minimum absolute atomic E-state index is 0.0375. The van der Waals surface area contributed by atoms with Crippen LogP contribution in [-0.4, -0.2) is 43.6 Å². The van der Waals surface area contributed by atoms with Gasteiger partial charge in [0.2, 0.25) is 0 Å². The van der Waals surface area contributed by atoms with Gasteiger partial charge in [-0.25, -0.2) is 27.5 Å². The molecule has 1 saturated heterocycles. The third-order valence-electron chi connectivity index (χ3n) is 8.40. The Morgan fingerprint density at radius 3 is 2.34 bits per heavy atom. The van der Waals surface area contributed by atoms with Gasteiger partial charge in [0.15, 0.2) is 11.6 Å². The summed E-state index contributed by atoms with van der Waals surface area (Å²) in [7, 11) is 0. The number of hydrogen-bond acceptors (Lipinski definition) is 5. The molecule has 1 aliphatic heterocycles. The summed E-state index contributed by atoms with van der Waals surface area (Å²) in [5.41, 5.74) is 11.5. The molecule has 0 spiro atoms. The number of rotatable bonds is 5. The zero-order valence-corrected chi connectivity index (χ0v) is 24.1. The van der Waals surface area contributed by atoms with Gasteiger partial charge in [0.25, 0.3) is 0 Å². The van der Waals surface area contributed by atoms with Crippen LogP contribution in [-0.2, 0) is 0 Å². The third-order valence-corrected chi connectivity index (χ3v) is 8.40. The zero-order valence-electron chi connectivity index (χ0n) is 24.1. The molecule has 224 valence electrons. The number of aromatic nitrogens is 5. The quantitative estimate of drug-likeness (QED) is 0.208. The van der Waals surface area contributed by atoms with Crippen molar-refractivity contribution in [3.05, 3.63) is 95.6 Å². The van der Waals surface area contributed by atoms with E-state index in [1.165, 1.54) is 12.1 Å². The van der Waals surface area contributed by atoms with Crippen molar-refractivity contribution in [2.24, 2.45) is 5.73 Å². The second-order valence-corrected chi connectivity index (χ2v) is 11.5. The number of piperidine rings is 1. The van der Waals surface area contributed by atoms with E-state index in [9.17, 15) is 17.6 Å². The van der Waals surface area contributed by atoms with Gasteiger partial charge in [0.1, 0.15) is 23.1 Å². The molecule has 7 nitrogen and oxygen atoms in total. The second kappa shape index (κ2) is 10.7. The lowest BCUT2D eigenvalue weighted by Gasteiger charge is -2.34. The van der Waals surface area contributed by atoms with Crippen molar-refractivity contribution in [1.29, 1.82) is 0 Å². The maximum Gasteiger partial charge on any atom is 0.161 e. The minimum Gasteiger partial charge on any atom is -0.370 e. The number of halogens is 4. The fourth-order valence-electron chi connectivity index (χ4n) is 6.05. The van der Waals surface area contributed by atoms with E-state index in [1.54, 1.807) is 12.4 Å². The standard InChI is InChI=1S/C33H29F4N7/c1-17-3-4-27(39-14-17)18(2)44-16-24(32-41-28-12-25(36)26(37)13-29(28)42-32)30-31(43-7-5-22(38)6-8-43)23(15-40-33(30)44)19-9-20(34)11-21(35)10-19/h3-4,9-16,18,22H,5-8,38H2,1-2H3,(H,41,42). The van der Waals surface area contributed by atoms with Crippen LogP contribution in [0.1, 0.15) is 37.1 Å². The summed E-state index contributed by atoms with van der Waals surface area (Å²) < 4.78 is 59.4. The molecular weight excluding hydrogens is 570 g/mol. The van der Waals surface area contributed by atoms with E-state index in [2.05, 4.69) is 19.9 Å². The normalized spacial score (nSPS) is 15.0. The number of anilines is 1. The van der Waals surface area contributed by atoms with E-state index in [-0.39, 0.29) is 17.6 Å². The minimum atomic E-state index is -1.00. The average Bonchev–Trinajstić information content (AvgIpc) is 3.58. The molecule has 2 aromatic carbocycles. The fourth-order valence-corrected chi connectivity index (χ4v) is 6.05. The number of pyridine rings is 2. The summed E-state index contributed by atoms with van der Waals surface area (Å²) in [6.07, 6.45) is 6.78. The van der Waals surface area contributed by atoms with Gasteiger partial charge in [0.05, 0.1) is 33.8 Å². The van der Waals surface area contributed by atoms with Crippen LogP contribution < -0.4 is 10.6 Å². The summed E-state index contributed by atoms with van der Waals surface area (Å²) >= 11 is 0. The number of nitrogens with zero attached hydrogens (tertiary/aromatic N) is 5. The number of imidazole rings is 1. The Morgan fingerprint density at radius 1 is 0.909 bits per heavy atom. The zero-order chi connectivity index (χ0) is 30.7. The van der Waals surface area contributed by atoms with Gasteiger partial charge in [-0.2, -0.15) is 0 Å². The van der Waals surface area contributed by atoms with E-state index in [0.29, 0.717) is 52.2 Å². The number of fused-ring (bicyclic) bond motifs is 2. The number of aromatic amines is 1. The molecule has 0 saturated carbocycles. The Labute approximate surface area is 250 Å². The topological polar surface area (TPSA) is 88.7 Å². The van der Waals surface area contributed by atoms with E-state index in [1.807, 2.05) is 36.7 Å². The SMILES string of the molecule is Cc1ccc(C(C)n2cc(-c3nc4cc(F)c(F)cc4[nH]3)c3c(N4CCC(N)CC4)c(-c4cc(F)cc(F)c4)cnc32)nc1. The van der Waals surface area contributed by atoms with Gasteiger partial charge in [-0.05, 0) is 56.0 Å². The Balaban J connectivity index is 1.54. The van der Waals surface area contributed by atoms with Crippen LogP contribution in [0.3, 0.4) is 0 Å². The molecule has 1 fully saturated rings. The van der Waals surface area contributed by atoms with Crippen molar-refractivity contribution in [1.82, 2.24) is 24.5 Å². The van der Waals surface area contributed by atoms with Crippen molar-refractivity contribution < 1.29 is 17.6 Å². The van der Waals surface area contributed by atoms with Gasteiger partial charge in [-0.1, -0.05) is 6.07 Å². The number of hydrogen-bond donors (Lipinski definition) is 2. The largest absolute Gasteiger partial charge is 0.370 e. The van der Waals surface area contributed by atoms with Crippen LogP contribution in [0.25, 0.3) is 44.6 Å². The van der Waals surface area contributed by atoms with Crippen LogP contribution in [0.2, 0.25) is 0 Å². The van der Waals surface area contributed by atoms with Gasteiger partial charge in [-0.15, -0.1) is 0 Å². The molecule has 1 aliphatic rings. The summed E-state index contributed by atoms with van der Waals surface area (Å²) in [5, 5.41) is 0.682. The third kappa shape index (κ3) is 4.86.